The molecule has 3 rings (SSSR count). The number of carboxylic acids is 1. The lowest BCUT2D eigenvalue weighted by Gasteiger charge is -2.29. The van der Waals surface area contributed by atoms with Crippen molar-refractivity contribution < 1.29 is 24.3 Å². The van der Waals surface area contributed by atoms with Crippen LogP contribution in [0.3, 0.4) is 0 Å². The zero-order chi connectivity index (χ0) is 16.7. The van der Waals surface area contributed by atoms with Crippen molar-refractivity contribution in [1.82, 2.24) is 10.2 Å². The lowest BCUT2D eigenvalue weighted by Crippen LogP contribution is -2.52. The standard InChI is InChI=1S/C15H11N3O5/c16-5-8-3-7(15(22)23)4-9-6-18(14(21)12(8)9)10-1-2-11(19)17-13(10)20/h3-4,10H,1-2,6H2,(H,22,23)(H,17,19,20). The first-order valence-electron chi connectivity index (χ1n) is 6.87. The van der Waals surface area contributed by atoms with Crippen LogP contribution in [-0.2, 0) is 16.1 Å². The van der Waals surface area contributed by atoms with Gasteiger partial charge in [0.15, 0.2) is 0 Å². The van der Waals surface area contributed by atoms with Gasteiger partial charge in [-0.1, -0.05) is 0 Å². The van der Waals surface area contributed by atoms with E-state index in [4.69, 9.17) is 5.11 Å². The van der Waals surface area contributed by atoms with Gasteiger partial charge in [0.2, 0.25) is 11.8 Å². The summed E-state index contributed by atoms with van der Waals surface area (Å²) < 4.78 is 0. The maximum Gasteiger partial charge on any atom is 0.335 e. The van der Waals surface area contributed by atoms with Crippen molar-refractivity contribution >= 4 is 23.7 Å². The third kappa shape index (κ3) is 2.32. The van der Waals surface area contributed by atoms with Crippen molar-refractivity contribution in [2.75, 3.05) is 0 Å². The van der Waals surface area contributed by atoms with Crippen LogP contribution in [-0.4, -0.2) is 39.7 Å². The van der Waals surface area contributed by atoms with E-state index >= 15 is 0 Å². The Balaban J connectivity index is 1.99. The molecular formula is C15H11N3O5. The van der Waals surface area contributed by atoms with Crippen LogP contribution in [0.5, 0.6) is 0 Å². The van der Waals surface area contributed by atoms with Gasteiger partial charge in [-0.2, -0.15) is 5.26 Å². The number of nitriles is 1. The van der Waals surface area contributed by atoms with Crippen molar-refractivity contribution in [3.05, 3.63) is 34.4 Å². The zero-order valence-electron chi connectivity index (χ0n) is 11.8. The Hall–Kier alpha value is -3.21. The minimum atomic E-state index is -1.20. The summed E-state index contributed by atoms with van der Waals surface area (Å²) in [5.41, 5.74) is 0.413. The largest absolute Gasteiger partial charge is 0.478 e. The highest BCUT2D eigenvalue weighted by Gasteiger charge is 2.40. The second kappa shape index (κ2) is 5.21. The number of hydrogen-bond donors (Lipinski definition) is 2. The molecule has 3 amide bonds. The third-order valence-electron chi connectivity index (χ3n) is 3.99. The van der Waals surface area contributed by atoms with Gasteiger partial charge in [0.05, 0.1) is 22.8 Å². The Morgan fingerprint density at radius 3 is 2.70 bits per heavy atom. The number of fused-ring (bicyclic) bond motifs is 1. The van der Waals surface area contributed by atoms with E-state index in [0.29, 0.717) is 5.56 Å². The molecule has 8 nitrogen and oxygen atoms in total. The lowest BCUT2D eigenvalue weighted by molar-refractivity contribution is -0.136. The first-order valence-corrected chi connectivity index (χ1v) is 6.87. The van der Waals surface area contributed by atoms with Crippen LogP contribution >= 0.6 is 0 Å². The maximum atomic E-state index is 12.5. The molecule has 0 aliphatic carbocycles. The highest BCUT2D eigenvalue weighted by Crippen LogP contribution is 2.30. The van der Waals surface area contributed by atoms with Crippen LogP contribution in [0.2, 0.25) is 0 Å². The monoisotopic (exact) mass is 313 g/mol. The molecule has 2 N–H and O–H groups in total. The predicted molar refractivity (Wildman–Crippen MR) is 74.2 cm³/mol. The number of carboxylic acid groups (broad SMARTS) is 1. The molecule has 0 aromatic heterocycles. The number of carbonyl (C=O) groups excluding carboxylic acids is 3. The van der Waals surface area contributed by atoms with E-state index in [0.717, 1.165) is 6.07 Å². The lowest BCUT2D eigenvalue weighted by atomic mass is 10.00. The van der Waals surface area contributed by atoms with Crippen molar-refractivity contribution in [2.24, 2.45) is 0 Å². The smallest absolute Gasteiger partial charge is 0.335 e. The van der Waals surface area contributed by atoms with E-state index in [1.54, 1.807) is 0 Å². The number of amides is 3. The molecule has 1 aromatic carbocycles. The molecule has 116 valence electrons. The fourth-order valence-corrected chi connectivity index (χ4v) is 2.92. The number of hydrogen-bond acceptors (Lipinski definition) is 5. The minimum absolute atomic E-state index is 0.0281. The molecule has 0 saturated carbocycles. The van der Waals surface area contributed by atoms with Gasteiger partial charge in [0, 0.05) is 13.0 Å². The average molecular weight is 313 g/mol. The average Bonchev–Trinajstić information content (AvgIpc) is 2.83. The van der Waals surface area contributed by atoms with Crippen LogP contribution in [0.4, 0.5) is 0 Å². The van der Waals surface area contributed by atoms with E-state index in [9.17, 15) is 24.4 Å². The first kappa shape index (κ1) is 14.7. The van der Waals surface area contributed by atoms with E-state index in [2.05, 4.69) is 5.32 Å². The van der Waals surface area contributed by atoms with E-state index in [1.165, 1.54) is 11.0 Å². The van der Waals surface area contributed by atoms with Crippen LogP contribution in [0.25, 0.3) is 0 Å². The molecule has 1 saturated heterocycles. The van der Waals surface area contributed by atoms with E-state index in [-0.39, 0.29) is 42.0 Å². The third-order valence-corrected chi connectivity index (χ3v) is 3.99. The molecular weight excluding hydrogens is 302 g/mol. The number of carbonyl (C=O) groups is 4. The number of aromatic carboxylic acids is 1. The van der Waals surface area contributed by atoms with Crippen molar-refractivity contribution in [2.45, 2.75) is 25.4 Å². The second-order valence-electron chi connectivity index (χ2n) is 5.37. The van der Waals surface area contributed by atoms with Gasteiger partial charge in [-0.15, -0.1) is 0 Å². The molecule has 0 spiro atoms. The molecule has 0 bridgehead atoms. The summed E-state index contributed by atoms with van der Waals surface area (Å²) in [6, 6.07) is 3.51. The minimum Gasteiger partial charge on any atom is -0.478 e. The van der Waals surface area contributed by atoms with Crippen molar-refractivity contribution in [3.8, 4) is 6.07 Å². The normalized spacial score (nSPS) is 20.0. The number of rotatable bonds is 2. The number of imide groups is 1. The highest BCUT2D eigenvalue weighted by atomic mass is 16.4. The van der Waals surface area contributed by atoms with Crippen LogP contribution in [0, 0.1) is 11.3 Å². The maximum absolute atomic E-state index is 12.5. The van der Waals surface area contributed by atoms with Gasteiger partial charge < -0.3 is 10.0 Å². The van der Waals surface area contributed by atoms with Gasteiger partial charge in [0.1, 0.15) is 6.04 Å². The number of piperidine rings is 1. The summed E-state index contributed by atoms with van der Waals surface area (Å²) in [6.07, 6.45) is 0.333. The van der Waals surface area contributed by atoms with Crippen molar-refractivity contribution in [1.29, 1.82) is 5.26 Å². The van der Waals surface area contributed by atoms with Crippen LogP contribution < -0.4 is 5.32 Å². The molecule has 8 heteroatoms. The SMILES string of the molecule is N#Cc1cc(C(=O)O)cc2c1C(=O)N(C1CCC(=O)NC1=O)C2. The molecule has 1 atom stereocenters. The summed E-state index contributed by atoms with van der Waals surface area (Å²) >= 11 is 0. The Morgan fingerprint density at radius 1 is 1.35 bits per heavy atom. The molecule has 23 heavy (non-hydrogen) atoms. The molecule has 2 aliphatic heterocycles. The summed E-state index contributed by atoms with van der Waals surface area (Å²) in [4.78, 5) is 48.1. The summed E-state index contributed by atoms with van der Waals surface area (Å²) in [5, 5.41) is 20.4. The zero-order valence-corrected chi connectivity index (χ0v) is 11.8. The van der Waals surface area contributed by atoms with Gasteiger partial charge in [-0.05, 0) is 24.1 Å². The number of nitrogens with one attached hydrogen (secondary N) is 1. The van der Waals surface area contributed by atoms with E-state index < -0.39 is 23.8 Å². The Bertz CT molecular complexity index is 808. The first-order chi connectivity index (χ1) is 10.9. The number of benzene rings is 1. The molecule has 2 heterocycles. The van der Waals surface area contributed by atoms with Gasteiger partial charge >= 0.3 is 5.97 Å². The fourth-order valence-electron chi connectivity index (χ4n) is 2.92. The second-order valence-corrected chi connectivity index (χ2v) is 5.37. The number of nitrogens with zero attached hydrogens (tertiary/aromatic N) is 2. The van der Waals surface area contributed by atoms with Crippen molar-refractivity contribution in [3.63, 3.8) is 0 Å². The topological polar surface area (TPSA) is 128 Å². The Kier molecular flexibility index (Phi) is 3.33. The molecule has 1 fully saturated rings. The summed E-state index contributed by atoms with van der Waals surface area (Å²) in [6.45, 7) is 0.0379. The van der Waals surface area contributed by atoms with Crippen LogP contribution in [0.15, 0.2) is 12.1 Å². The Morgan fingerprint density at radius 2 is 2.09 bits per heavy atom. The predicted octanol–water partition coefficient (Wildman–Crippen LogP) is 0.0175. The fraction of sp³-hybridized carbons (Fsp3) is 0.267. The van der Waals surface area contributed by atoms with Gasteiger partial charge in [0.25, 0.3) is 5.91 Å². The molecule has 2 aliphatic rings. The summed E-state index contributed by atoms with van der Waals surface area (Å²) in [7, 11) is 0. The summed E-state index contributed by atoms with van der Waals surface area (Å²) in [5.74, 6) is -2.64. The van der Waals surface area contributed by atoms with Crippen LogP contribution in [0.1, 0.15) is 44.7 Å². The van der Waals surface area contributed by atoms with Gasteiger partial charge in [-0.3, -0.25) is 19.7 Å². The van der Waals surface area contributed by atoms with E-state index in [1.807, 2.05) is 6.07 Å². The molecule has 1 aromatic rings. The molecule has 0 radical (unpaired) electrons. The Labute approximate surface area is 130 Å². The molecule has 1 unspecified atom stereocenters. The highest BCUT2D eigenvalue weighted by molar-refractivity contribution is 6.07. The van der Waals surface area contributed by atoms with Gasteiger partial charge in [-0.25, -0.2) is 4.79 Å². The quantitative estimate of drug-likeness (QED) is 0.741.